The molecule has 1 aromatic rings. The highest BCUT2D eigenvalue weighted by Gasteiger charge is 2.31. The van der Waals surface area contributed by atoms with Gasteiger partial charge in [-0.15, -0.1) is 12.4 Å². The number of benzene rings is 1. The van der Waals surface area contributed by atoms with Crippen LogP contribution in [0, 0.1) is 5.92 Å². The van der Waals surface area contributed by atoms with E-state index in [2.05, 4.69) is 44.3 Å². The van der Waals surface area contributed by atoms with Crippen molar-refractivity contribution in [2.24, 2.45) is 5.92 Å². The molecule has 0 bridgehead atoms. The SMILES string of the molecule is CC(C)(C)c1ccc2c(c1)CCN2C(=O)C1CCNCC1.Cl. The summed E-state index contributed by atoms with van der Waals surface area (Å²) in [6.45, 7) is 9.51. The first-order chi connectivity index (χ1) is 9.97. The van der Waals surface area contributed by atoms with E-state index in [4.69, 9.17) is 0 Å². The maximum atomic E-state index is 12.7. The molecule has 22 heavy (non-hydrogen) atoms. The Morgan fingerprint density at radius 2 is 1.91 bits per heavy atom. The van der Waals surface area contributed by atoms with Crippen LogP contribution < -0.4 is 10.2 Å². The zero-order chi connectivity index (χ0) is 15.0. The fourth-order valence-electron chi connectivity index (χ4n) is 3.39. The van der Waals surface area contributed by atoms with Gasteiger partial charge in [0.25, 0.3) is 0 Å². The average Bonchev–Trinajstić information content (AvgIpc) is 2.89. The van der Waals surface area contributed by atoms with Gasteiger partial charge in [-0.05, 0) is 55.0 Å². The lowest BCUT2D eigenvalue weighted by molar-refractivity contribution is -0.123. The Morgan fingerprint density at radius 1 is 1.23 bits per heavy atom. The molecule has 4 heteroatoms. The van der Waals surface area contributed by atoms with Crippen molar-refractivity contribution in [3.05, 3.63) is 29.3 Å². The molecule has 3 nitrogen and oxygen atoms in total. The van der Waals surface area contributed by atoms with Gasteiger partial charge < -0.3 is 10.2 Å². The van der Waals surface area contributed by atoms with Gasteiger partial charge in [0.15, 0.2) is 0 Å². The minimum atomic E-state index is 0. The number of hydrogen-bond donors (Lipinski definition) is 1. The van der Waals surface area contributed by atoms with Crippen LogP contribution in [0.1, 0.15) is 44.7 Å². The van der Waals surface area contributed by atoms with E-state index < -0.39 is 0 Å². The molecule has 0 spiro atoms. The second-order valence-corrected chi connectivity index (χ2v) is 7.36. The summed E-state index contributed by atoms with van der Waals surface area (Å²) < 4.78 is 0. The predicted molar refractivity (Wildman–Crippen MR) is 94.0 cm³/mol. The Bertz CT molecular complexity index is 545. The van der Waals surface area contributed by atoms with E-state index in [1.807, 2.05) is 4.90 Å². The molecule has 2 aliphatic heterocycles. The molecule has 0 saturated carbocycles. The van der Waals surface area contributed by atoms with Crippen molar-refractivity contribution >= 4 is 24.0 Å². The number of hydrogen-bond acceptors (Lipinski definition) is 2. The third kappa shape index (κ3) is 3.31. The van der Waals surface area contributed by atoms with E-state index in [1.165, 1.54) is 11.1 Å². The number of anilines is 1. The lowest BCUT2D eigenvalue weighted by Crippen LogP contribution is -2.40. The normalized spacial score (nSPS) is 18.8. The van der Waals surface area contributed by atoms with Gasteiger partial charge in [-0.2, -0.15) is 0 Å². The summed E-state index contributed by atoms with van der Waals surface area (Å²) in [4.78, 5) is 14.8. The molecule has 0 atom stereocenters. The van der Waals surface area contributed by atoms with Gasteiger partial charge >= 0.3 is 0 Å². The average molecular weight is 323 g/mol. The Kier molecular flexibility index (Phi) is 5.18. The number of nitrogens with zero attached hydrogens (tertiary/aromatic N) is 1. The van der Waals surface area contributed by atoms with Crippen molar-refractivity contribution in [1.29, 1.82) is 0 Å². The zero-order valence-electron chi connectivity index (χ0n) is 13.8. The predicted octanol–water partition coefficient (Wildman–Crippen LogP) is 3.29. The van der Waals surface area contributed by atoms with Gasteiger partial charge in [-0.25, -0.2) is 0 Å². The van der Waals surface area contributed by atoms with E-state index in [1.54, 1.807) is 0 Å². The zero-order valence-corrected chi connectivity index (χ0v) is 14.6. The minimum Gasteiger partial charge on any atom is -0.317 e. The summed E-state index contributed by atoms with van der Waals surface area (Å²) in [5.41, 5.74) is 4.01. The van der Waals surface area contributed by atoms with Crippen molar-refractivity contribution in [1.82, 2.24) is 5.32 Å². The topological polar surface area (TPSA) is 32.3 Å². The van der Waals surface area contributed by atoms with Crippen LogP contribution in [0.5, 0.6) is 0 Å². The van der Waals surface area contributed by atoms with E-state index >= 15 is 0 Å². The van der Waals surface area contributed by atoms with Crippen LogP contribution in [-0.4, -0.2) is 25.5 Å². The molecule has 0 aromatic heterocycles. The molecule has 1 saturated heterocycles. The molecule has 0 aliphatic carbocycles. The highest BCUT2D eigenvalue weighted by molar-refractivity contribution is 5.97. The highest BCUT2D eigenvalue weighted by Crippen LogP contribution is 2.34. The Hall–Kier alpha value is -1.06. The first kappa shape index (κ1) is 17.3. The maximum Gasteiger partial charge on any atom is 0.230 e. The van der Waals surface area contributed by atoms with Gasteiger partial charge in [0.05, 0.1) is 0 Å². The van der Waals surface area contributed by atoms with Crippen LogP contribution >= 0.6 is 12.4 Å². The molecular formula is C18H27ClN2O. The highest BCUT2D eigenvalue weighted by atomic mass is 35.5. The largest absolute Gasteiger partial charge is 0.317 e. The third-order valence-corrected chi connectivity index (χ3v) is 4.80. The molecular weight excluding hydrogens is 296 g/mol. The van der Waals surface area contributed by atoms with Crippen LogP contribution in [0.3, 0.4) is 0 Å². The lowest BCUT2D eigenvalue weighted by atomic mass is 9.86. The molecule has 1 N–H and O–H groups in total. The molecule has 1 aromatic carbocycles. The van der Waals surface area contributed by atoms with E-state index in [0.29, 0.717) is 5.91 Å². The van der Waals surface area contributed by atoms with Crippen molar-refractivity contribution in [3.8, 4) is 0 Å². The maximum absolute atomic E-state index is 12.7. The second kappa shape index (κ2) is 6.59. The van der Waals surface area contributed by atoms with Crippen LogP contribution in [0.4, 0.5) is 5.69 Å². The number of piperidine rings is 1. The number of carbonyl (C=O) groups excluding carboxylic acids is 1. The molecule has 1 fully saturated rings. The molecule has 0 radical (unpaired) electrons. The minimum absolute atomic E-state index is 0. The van der Waals surface area contributed by atoms with E-state index in [9.17, 15) is 4.79 Å². The Labute approximate surface area is 139 Å². The summed E-state index contributed by atoms with van der Waals surface area (Å²) in [5, 5.41) is 3.33. The van der Waals surface area contributed by atoms with Gasteiger partial charge in [0.1, 0.15) is 0 Å². The standard InChI is InChI=1S/C18H26N2O.ClH/c1-18(2,3)15-4-5-16-14(12-15)8-11-20(16)17(21)13-6-9-19-10-7-13;/h4-5,12-13,19H,6-11H2,1-3H3;1H. The van der Waals surface area contributed by atoms with E-state index in [0.717, 1.165) is 44.6 Å². The molecule has 1 amide bonds. The van der Waals surface area contributed by atoms with Crippen molar-refractivity contribution in [2.45, 2.75) is 45.4 Å². The summed E-state index contributed by atoms with van der Waals surface area (Å²) in [5.74, 6) is 0.540. The number of nitrogens with one attached hydrogen (secondary N) is 1. The molecule has 122 valence electrons. The quantitative estimate of drug-likeness (QED) is 0.860. The smallest absolute Gasteiger partial charge is 0.230 e. The van der Waals surface area contributed by atoms with Gasteiger partial charge in [0.2, 0.25) is 5.91 Å². The van der Waals surface area contributed by atoms with Crippen molar-refractivity contribution < 1.29 is 4.79 Å². The number of halogens is 1. The second-order valence-electron chi connectivity index (χ2n) is 7.36. The molecule has 2 aliphatic rings. The number of carbonyl (C=O) groups is 1. The van der Waals surface area contributed by atoms with E-state index in [-0.39, 0.29) is 23.7 Å². The Morgan fingerprint density at radius 3 is 2.55 bits per heavy atom. The molecule has 2 heterocycles. The van der Waals surface area contributed by atoms with Gasteiger partial charge in [0, 0.05) is 18.2 Å². The summed E-state index contributed by atoms with van der Waals surface area (Å²) in [6.07, 6.45) is 2.95. The summed E-state index contributed by atoms with van der Waals surface area (Å²) in [6, 6.07) is 6.64. The Balaban J connectivity index is 0.00000176. The number of fused-ring (bicyclic) bond motifs is 1. The first-order valence-electron chi connectivity index (χ1n) is 8.12. The van der Waals surface area contributed by atoms with Crippen LogP contribution in [0.25, 0.3) is 0 Å². The fourth-order valence-corrected chi connectivity index (χ4v) is 3.39. The van der Waals surface area contributed by atoms with Gasteiger partial charge in [-0.3, -0.25) is 4.79 Å². The molecule has 3 rings (SSSR count). The monoisotopic (exact) mass is 322 g/mol. The number of rotatable bonds is 1. The number of amides is 1. The summed E-state index contributed by atoms with van der Waals surface area (Å²) in [7, 11) is 0. The van der Waals surface area contributed by atoms with Crippen LogP contribution in [-0.2, 0) is 16.6 Å². The molecule has 0 unspecified atom stereocenters. The van der Waals surface area contributed by atoms with Crippen LogP contribution in [0.2, 0.25) is 0 Å². The first-order valence-corrected chi connectivity index (χ1v) is 8.12. The lowest BCUT2D eigenvalue weighted by Gasteiger charge is -2.27. The van der Waals surface area contributed by atoms with Crippen LogP contribution in [0.15, 0.2) is 18.2 Å². The van der Waals surface area contributed by atoms with Crippen molar-refractivity contribution in [3.63, 3.8) is 0 Å². The van der Waals surface area contributed by atoms with Gasteiger partial charge in [-0.1, -0.05) is 32.9 Å². The summed E-state index contributed by atoms with van der Waals surface area (Å²) >= 11 is 0. The third-order valence-electron chi connectivity index (χ3n) is 4.80. The fraction of sp³-hybridized carbons (Fsp3) is 0.611. The van der Waals surface area contributed by atoms with Crippen molar-refractivity contribution in [2.75, 3.05) is 24.5 Å².